The van der Waals surface area contributed by atoms with Crippen molar-refractivity contribution in [1.29, 1.82) is 0 Å². The first kappa shape index (κ1) is 40.5. The highest BCUT2D eigenvalue weighted by atomic mass is 16.5. The van der Waals surface area contributed by atoms with E-state index in [1.807, 2.05) is 24.3 Å². The molecule has 6 heterocycles. The molecule has 59 heavy (non-hydrogen) atoms. The van der Waals surface area contributed by atoms with Crippen molar-refractivity contribution in [3.8, 4) is 11.3 Å². The van der Waals surface area contributed by atoms with Crippen molar-refractivity contribution in [2.75, 3.05) is 46.6 Å². The van der Waals surface area contributed by atoms with Gasteiger partial charge in [0, 0.05) is 86.8 Å². The van der Waals surface area contributed by atoms with Crippen molar-refractivity contribution >= 4 is 40.5 Å². The maximum Gasteiger partial charge on any atom is 0.293 e. The zero-order valence-electron chi connectivity index (χ0n) is 35.1. The van der Waals surface area contributed by atoms with Gasteiger partial charge in [0.25, 0.3) is 11.5 Å². The normalized spacial score (nSPS) is 23.1. The van der Waals surface area contributed by atoms with Gasteiger partial charge in [-0.1, -0.05) is 20.4 Å². The number of ether oxygens (including phenoxy) is 1. The van der Waals surface area contributed by atoms with Gasteiger partial charge in [-0.05, 0) is 100 Å². The number of aryl methyl sites for hydroxylation is 1. The number of anilines is 5. The number of nitrogens with one attached hydrogen (secondary N) is 2. The predicted octanol–water partition coefficient (Wildman–Crippen LogP) is 5.65. The summed E-state index contributed by atoms with van der Waals surface area (Å²) in [6.45, 7) is 18.0. The molecule has 0 spiro atoms. The van der Waals surface area contributed by atoms with E-state index in [0.29, 0.717) is 52.3 Å². The number of piperazine rings is 1. The fourth-order valence-electron chi connectivity index (χ4n) is 9.86. The number of nitrogens with zero attached hydrogens (tertiary/aromatic N) is 7. The Bertz CT molecular complexity index is 2340. The molecule has 0 bridgehead atoms. The van der Waals surface area contributed by atoms with Crippen LogP contribution in [-0.2, 0) is 42.6 Å². The molecular weight excluding hydrogens is 747 g/mol. The number of aromatic nitrogens is 4. The molecule has 4 aromatic rings. The molecule has 3 N–H and O–H groups in total. The number of hydrogen-bond donors (Lipinski definition) is 3. The first-order valence-electron chi connectivity index (χ1n) is 20.9. The summed E-state index contributed by atoms with van der Waals surface area (Å²) in [5.41, 5.74) is 6.37. The fourth-order valence-corrected chi connectivity index (χ4v) is 9.86. The predicted molar refractivity (Wildman–Crippen MR) is 231 cm³/mol. The maximum atomic E-state index is 14.2. The molecule has 14 nitrogen and oxygen atoms in total. The van der Waals surface area contributed by atoms with Gasteiger partial charge in [-0.25, -0.2) is 9.97 Å². The number of hydrogen-bond acceptors (Lipinski definition) is 10. The molecule has 4 atom stereocenters. The van der Waals surface area contributed by atoms with Crippen molar-refractivity contribution in [3.05, 3.63) is 88.2 Å². The Morgan fingerprint density at radius 2 is 1.83 bits per heavy atom. The van der Waals surface area contributed by atoms with Gasteiger partial charge in [0.2, 0.25) is 5.91 Å². The average Bonchev–Trinajstić information content (AvgIpc) is 3.62. The summed E-state index contributed by atoms with van der Waals surface area (Å²) in [7, 11) is 1.65. The van der Waals surface area contributed by atoms with Gasteiger partial charge in [0.1, 0.15) is 11.5 Å². The van der Waals surface area contributed by atoms with E-state index in [0.717, 1.165) is 64.0 Å². The van der Waals surface area contributed by atoms with Gasteiger partial charge < -0.3 is 34.5 Å². The van der Waals surface area contributed by atoms with Crippen molar-refractivity contribution in [1.82, 2.24) is 24.0 Å². The number of benzene rings is 1. The van der Waals surface area contributed by atoms with Gasteiger partial charge in [-0.2, -0.15) is 0 Å². The molecule has 3 aromatic heterocycles. The van der Waals surface area contributed by atoms with Crippen LogP contribution in [0.1, 0.15) is 81.2 Å². The van der Waals surface area contributed by atoms with Crippen molar-refractivity contribution < 1.29 is 19.4 Å². The lowest BCUT2D eigenvalue weighted by molar-refractivity contribution is -0.111. The van der Waals surface area contributed by atoms with Crippen LogP contribution in [0.3, 0.4) is 0 Å². The zero-order chi connectivity index (χ0) is 41.7. The molecule has 4 aliphatic rings. The third kappa shape index (κ3) is 7.93. The van der Waals surface area contributed by atoms with E-state index in [9.17, 15) is 19.5 Å². The minimum atomic E-state index is -0.394. The molecule has 312 valence electrons. The number of aliphatic hydroxyl groups is 1. The summed E-state index contributed by atoms with van der Waals surface area (Å²) >= 11 is 0. The number of pyridine rings is 1. The molecule has 1 aliphatic carbocycles. The van der Waals surface area contributed by atoms with E-state index >= 15 is 0 Å². The monoisotopic (exact) mass is 803 g/mol. The van der Waals surface area contributed by atoms with Crippen LogP contribution in [0.15, 0.2) is 60.2 Å². The molecule has 2 fully saturated rings. The number of rotatable bonds is 9. The van der Waals surface area contributed by atoms with Crippen molar-refractivity contribution in [2.24, 2.45) is 12.5 Å². The Labute approximate surface area is 345 Å². The van der Waals surface area contributed by atoms with Crippen LogP contribution in [0.2, 0.25) is 0 Å². The summed E-state index contributed by atoms with van der Waals surface area (Å²) in [5, 5.41) is 17.1. The quantitative estimate of drug-likeness (QED) is 0.182. The first-order chi connectivity index (χ1) is 28.2. The van der Waals surface area contributed by atoms with Crippen LogP contribution >= 0.6 is 0 Å². The highest BCUT2D eigenvalue weighted by Crippen LogP contribution is 2.40. The second-order valence-corrected chi connectivity index (χ2v) is 17.7. The summed E-state index contributed by atoms with van der Waals surface area (Å²) in [6, 6.07) is 10.1. The summed E-state index contributed by atoms with van der Waals surface area (Å²) in [5.74, 6) is -0.0537. The lowest BCUT2D eigenvalue weighted by Crippen LogP contribution is -2.57. The number of aliphatic hydroxyl groups excluding tert-OH is 1. The highest BCUT2D eigenvalue weighted by molar-refractivity contribution is 6.06. The molecule has 2 amide bonds. The third-order valence-corrected chi connectivity index (χ3v) is 12.5. The Morgan fingerprint density at radius 3 is 2.56 bits per heavy atom. The van der Waals surface area contributed by atoms with E-state index in [-0.39, 0.29) is 46.9 Å². The lowest BCUT2D eigenvalue weighted by Gasteiger charge is -2.47. The van der Waals surface area contributed by atoms with Gasteiger partial charge in [0.15, 0.2) is 5.82 Å². The summed E-state index contributed by atoms with van der Waals surface area (Å²) in [6.07, 6.45) is 9.59. The standard InChI is InChI=1S/C45H57N9O5/c1-8-40(56)48-35-21-31(10-11-37(35)52-17-16-51(24-27(52)2)32-18-28(3)59-29(4)19-32)47-41-44(58)50(7)25-36(49-41)33-12-13-46-42(34(33)26-55)54-15-9-14-53-38(43(54)57)20-30-22-45(5,6)23-39(30)53/h8,10-13,20-21,25,27-29,32,55H,1,9,14-19,22-24,26H2,2-7H3,(H,47,49)(H,48,56)/t27-,28-,29+,32+/m0/s1. The van der Waals surface area contributed by atoms with Crippen molar-refractivity contribution in [3.63, 3.8) is 0 Å². The molecule has 0 unspecified atom stereocenters. The van der Waals surface area contributed by atoms with E-state index in [2.05, 4.69) is 71.2 Å². The van der Waals surface area contributed by atoms with Crippen LogP contribution < -0.4 is 26.0 Å². The zero-order valence-corrected chi connectivity index (χ0v) is 35.1. The fraction of sp³-hybridized carbons (Fsp3) is 0.489. The van der Waals surface area contributed by atoms with Gasteiger partial charge >= 0.3 is 0 Å². The molecule has 8 rings (SSSR count). The first-order valence-corrected chi connectivity index (χ1v) is 20.9. The van der Waals surface area contributed by atoms with Crippen LogP contribution in [-0.4, -0.2) is 91.4 Å². The molecule has 3 aliphatic heterocycles. The Balaban J connectivity index is 1.07. The van der Waals surface area contributed by atoms with E-state index in [1.54, 1.807) is 30.4 Å². The second kappa shape index (κ2) is 16.0. The molecule has 1 aromatic carbocycles. The van der Waals surface area contributed by atoms with E-state index in [4.69, 9.17) is 9.72 Å². The van der Waals surface area contributed by atoms with Gasteiger partial charge in [0.05, 0.1) is 35.9 Å². The van der Waals surface area contributed by atoms with E-state index in [1.165, 1.54) is 21.9 Å². The Morgan fingerprint density at radius 1 is 1.05 bits per heavy atom. The average molecular weight is 804 g/mol. The molecule has 2 saturated heterocycles. The largest absolute Gasteiger partial charge is 0.392 e. The molecular formula is C45H57N9O5. The van der Waals surface area contributed by atoms with Gasteiger partial charge in [-0.3, -0.25) is 24.2 Å². The maximum absolute atomic E-state index is 14.2. The van der Waals surface area contributed by atoms with Crippen LogP contribution in [0.5, 0.6) is 0 Å². The summed E-state index contributed by atoms with van der Waals surface area (Å²) in [4.78, 5) is 56.5. The Hall–Kier alpha value is -5.31. The van der Waals surface area contributed by atoms with Gasteiger partial charge in [-0.15, -0.1) is 0 Å². The van der Waals surface area contributed by atoms with Crippen LogP contribution in [0.4, 0.5) is 28.7 Å². The smallest absolute Gasteiger partial charge is 0.293 e. The number of carbonyl (C=O) groups excluding carboxylic acids is 2. The number of carbonyl (C=O) groups is 2. The minimum absolute atomic E-state index is 0.0593. The van der Waals surface area contributed by atoms with Crippen LogP contribution in [0.25, 0.3) is 11.3 Å². The minimum Gasteiger partial charge on any atom is -0.392 e. The second-order valence-electron chi connectivity index (χ2n) is 17.7. The van der Waals surface area contributed by atoms with E-state index < -0.39 is 6.61 Å². The topological polar surface area (TPSA) is 150 Å². The molecule has 0 saturated carbocycles. The molecule has 0 radical (unpaired) electrons. The number of fused-ring (bicyclic) bond motifs is 3. The third-order valence-electron chi connectivity index (χ3n) is 12.5. The summed E-state index contributed by atoms with van der Waals surface area (Å²) < 4.78 is 9.63. The lowest BCUT2D eigenvalue weighted by atomic mass is 9.90. The van der Waals surface area contributed by atoms with Crippen molar-refractivity contribution in [2.45, 2.75) is 104 Å². The Kier molecular flexibility index (Phi) is 11.0. The number of amides is 2. The van der Waals surface area contributed by atoms with Crippen LogP contribution in [0, 0.1) is 5.41 Å². The SMILES string of the molecule is C=CC(=O)Nc1cc(Nc2nc(-c3ccnc(N4CCCn5c(cc6c5CC(C)(C)C6)C4=O)c3CO)cn(C)c2=O)ccc1N1CCN([C@H]2C[C@@H](C)O[C@@H](C)C2)C[C@@H]1C. The highest BCUT2D eigenvalue weighted by Gasteiger charge is 2.37. The molecule has 14 heteroatoms.